The van der Waals surface area contributed by atoms with Crippen molar-refractivity contribution in [1.29, 1.82) is 0 Å². The molecule has 0 amide bonds. The quantitative estimate of drug-likeness (QED) is 0.223. The van der Waals surface area contributed by atoms with E-state index in [1.807, 2.05) is 97.1 Å². The molecule has 4 unspecified atom stereocenters. The molecule has 0 spiro atoms. The van der Waals surface area contributed by atoms with E-state index in [4.69, 9.17) is 23.7 Å². The molecule has 0 aromatic heterocycles. The van der Waals surface area contributed by atoms with Crippen LogP contribution in [0, 0.1) is 0 Å². The zero-order valence-corrected chi connectivity index (χ0v) is 21.4. The van der Waals surface area contributed by atoms with E-state index in [1.54, 1.807) is 0 Å². The summed E-state index contributed by atoms with van der Waals surface area (Å²) >= 11 is 0. The predicted molar refractivity (Wildman–Crippen MR) is 146 cm³/mol. The molecule has 0 bridgehead atoms. The minimum absolute atomic E-state index is 0.323. The molecule has 1 fully saturated rings. The molecule has 5 heteroatoms. The maximum absolute atomic E-state index is 6.54. The third-order valence-corrected chi connectivity index (χ3v) is 6.52. The number of hydrogen-bond acceptors (Lipinski definition) is 5. The molecule has 0 saturated carbocycles. The minimum atomic E-state index is -0.601. The lowest BCUT2D eigenvalue weighted by Gasteiger charge is -2.42. The summed E-state index contributed by atoms with van der Waals surface area (Å²) in [6, 6.07) is 40.5. The summed E-state index contributed by atoms with van der Waals surface area (Å²) in [6.07, 6.45) is -1.80. The highest BCUT2D eigenvalue weighted by Gasteiger charge is 2.43. The summed E-state index contributed by atoms with van der Waals surface area (Å²) < 4.78 is 31.9. The molecule has 5 nitrogen and oxygen atoms in total. The SMILES string of the molecule is c1ccc(COC2COC(OCc3ccccc3)C(OCc3ccccc3)C2OCc2ccccc2)cc1. The van der Waals surface area contributed by atoms with Crippen LogP contribution in [0.5, 0.6) is 0 Å². The van der Waals surface area contributed by atoms with Gasteiger partial charge in [-0.2, -0.15) is 0 Å². The number of rotatable bonds is 12. The zero-order chi connectivity index (χ0) is 25.8. The number of ether oxygens (including phenoxy) is 5. The first-order chi connectivity index (χ1) is 18.8. The molecule has 38 heavy (non-hydrogen) atoms. The Morgan fingerprint density at radius 3 is 1.26 bits per heavy atom. The highest BCUT2D eigenvalue weighted by atomic mass is 16.7. The Morgan fingerprint density at radius 2 is 0.816 bits per heavy atom. The van der Waals surface area contributed by atoms with Gasteiger partial charge in [-0.1, -0.05) is 121 Å². The predicted octanol–water partition coefficient (Wildman–Crippen LogP) is 6.32. The van der Waals surface area contributed by atoms with Crippen LogP contribution in [0.4, 0.5) is 0 Å². The molecule has 0 aliphatic carbocycles. The fourth-order valence-corrected chi connectivity index (χ4v) is 4.47. The van der Waals surface area contributed by atoms with Crippen molar-refractivity contribution in [3.8, 4) is 0 Å². The van der Waals surface area contributed by atoms with Crippen molar-refractivity contribution in [2.75, 3.05) is 6.61 Å². The van der Waals surface area contributed by atoms with Crippen LogP contribution in [-0.2, 0) is 50.1 Å². The molecule has 1 heterocycles. The van der Waals surface area contributed by atoms with Crippen LogP contribution in [0.3, 0.4) is 0 Å². The molecule has 4 atom stereocenters. The van der Waals surface area contributed by atoms with Crippen LogP contribution < -0.4 is 0 Å². The summed E-state index contributed by atoms with van der Waals surface area (Å²) in [4.78, 5) is 0. The molecule has 1 saturated heterocycles. The van der Waals surface area contributed by atoms with E-state index in [-0.39, 0.29) is 6.10 Å². The maximum Gasteiger partial charge on any atom is 0.186 e. The van der Waals surface area contributed by atoms with Gasteiger partial charge in [0.15, 0.2) is 6.29 Å². The van der Waals surface area contributed by atoms with E-state index in [9.17, 15) is 0 Å². The first kappa shape index (κ1) is 26.3. The number of hydrogen-bond donors (Lipinski definition) is 0. The van der Waals surface area contributed by atoms with Crippen LogP contribution in [0.2, 0.25) is 0 Å². The highest BCUT2D eigenvalue weighted by molar-refractivity contribution is 5.16. The minimum Gasteiger partial charge on any atom is -0.368 e. The fourth-order valence-electron chi connectivity index (χ4n) is 4.47. The van der Waals surface area contributed by atoms with E-state index in [1.165, 1.54) is 0 Å². The van der Waals surface area contributed by atoms with Gasteiger partial charge in [0, 0.05) is 0 Å². The number of benzene rings is 4. The van der Waals surface area contributed by atoms with Crippen LogP contribution >= 0.6 is 0 Å². The molecule has 5 rings (SSSR count). The lowest BCUT2D eigenvalue weighted by atomic mass is 10.0. The largest absolute Gasteiger partial charge is 0.368 e. The standard InChI is InChI=1S/C33H34O5/c1-5-13-26(14-6-1)21-34-30-25-38-33(37-24-29-19-11-4-12-20-29)32(36-23-28-17-9-3-10-18-28)31(30)35-22-27-15-7-2-8-16-27/h1-20,30-33H,21-25H2. The van der Waals surface area contributed by atoms with Crippen molar-refractivity contribution in [2.45, 2.75) is 51.0 Å². The van der Waals surface area contributed by atoms with Crippen molar-refractivity contribution in [3.05, 3.63) is 144 Å². The van der Waals surface area contributed by atoms with Gasteiger partial charge in [-0.15, -0.1) is 0 Å². The van der Waals surface area contributed by atoms with Crippen molar-refractivity contribution >= 4 is 0 Å². The molecule has 4 aromatic carbocycles. The topological polar surface area (TPSA) is 46.2 Å². The highest BCUT2D eigenvalue weighted by Crippen LogP contribution is 2.28. The Hall–Kier alpha value is -3.32. The van der Waals surface area contributed by atoms with E-state index >= 15 is 0 Å². The van der Waals surface area contributed by atoms with E-state index in [0.29, 0.717) is 33.0 Å². The van der Waals surface area contributed by atoms with Gasteiger partial charge in [-0.25, -0.2) is 0 Å². The molecule has 1 aliphatic rings. The van der Waals surface area contributed by atoms with Crippen molar-refractivity contribution < 1.29 is 23.7 Å². The van der Waals surface area contributed by atoms with Crippen LogP contribution in [0.25, 0.3) is 0 Å². The summed E-state index contributed by atoms with van der Waals surface area (Å²) in [7, 11) is 0. The molecule has 0 radical (unpaired) electrons. The van der Waals surface area contributed by atoms with Gasteiger partial charge in [-0.3, -0.25) is 0 Å². The van der Waals surface area contributed by atoms with Gasteiger partial charge < -0.3 is 23.7 Å². The van der Waals surface area contributed by atoms with Gasteiger partial charge >= 0.3 is 0 Å². The second-order valence-corrected chi connectivity index (χ2v) is 9.36. The Morgan fingerprint density at radius 1 is 0.447 bits per heavy atom. The molecule has 196 valence electrons. The van der Waals surface area contributed by atoms with Gasteiger partial charge in [0.1, 0.15) is 18.3 Å². The van der Waals surface area contributed by atoms with E-state index in [2.05, 4.69) is 24.3 Å². The Labute approximate surface area is 224 Å². The zero-order valence-electron chi connectivity index (χ0n) is 21.4. The van der Waals surface area contributed by atoms with Crippen molar-refractivity contribution in [1.82, 2.24) is 0 Å². The summed E-state index contributed by atoms with van der Waals surface area (Å²) in [5.41, 5.74) is 4.33. The van der Waals surface area contributed by atoms with E-state index < -0.39 is 18.5 Å². The lowest BCUT2D eigenvalue weighted by Crippen LogP contribution is -2.56. The van der Waals surface area contributed by atoms with Gasteiger partial charge in [0.25, 0.3) is 0 Å². The van der Waals surface area contributed by atoms with Crippen LogP contribution in [0.1, 0.15) is 22.3 Å². The molecule has 0 N–H and O–H groups in total. The summed E-state index contributed by atoms with van der Waals surface area (Å²) in [5, 5.41) is 0. The molecule has 4 aromatic rings. The molecular formula is C33H34O5. The monoisotopic (exact) mass is 510 g/mol. The second-order valence-electron chi connectivity index (χ2n) is 9.36. The average molecular weight is 511 g/mol. The normalized spacial score (nSPS) is 21.3. The summed E-state index contributed by atoms with van der Waals surface area (Å²) in [6.45, 7) is 2.07. The third-order valence-electron chi connectivity index (χ3n) is 6.52. The van der Waals surface area contributed by atoms with Gasteiger partial charge in [-0.05, 0) is 22.3 Å². The van der Waals surface area contributed by atoms with Crippen molar-refractivity contribution in [2.24, 2.45) is 0 Å². The second kappa shape index (κ2) is 14.0. The first-order valence-corrected chi connectivity index (χ1v) is 13.1. The molecular weight excluding hydrogens is 476 g/mol. The Kier molecular flexibility index (Phi) is 9.69. The Bertz CT molecular complexity index is 1090. The molecule has 1 aliphatic heterocycles. The van der Waals surface area contributed by atoms with Crippen LogP contribution in [-0.4, -0.2) is 31.2 Å². The smallest absolute Gasteiger partial charge is 0.186 e. The first-order valence-electron chi connectivity index (χ1n) is 13.1. The van der Waals surface area contributed by atoms with Gasteiger partial charge in [0.05, 0.1) is 33.0 Å². The maximum atomic E-state index is 6.54. The third kappa shape index (κ3) is 7.60. The lowest BCUT2D eigenvalue weighted by molar-refractivity contribution is -0.302. The summed E-state index contributed by atoms with van der Waals surface area (Å²) in [5.74, 6) is 0. The Balaban J connectivity index is 1.35. The van der Waals surface area contributed by atoms with Gasteiger partial charge in [0.2, 0.25) is 0 Å². The van der Waals surface area contributed by atoms with E-state index in [0.717, 1.165) is 22.3 Å². The van der Waals surface area contributed by atoms with Crippen molar-refractivity contribution in [3.63, 3.8) is 0 Å². The van der Waals surface area contributed by atoms with Crippen LogP contribution in [0.15, 0.2) is 121 Å². The fraction of sp³-hybridized carbons (Fsp3) is 0.273. The average Bonchev–Trinajstić information content (AvgIpc) is 2.99.